The molecule has 0 spiro atoms. The number of nitrogens with zero attached hydrogens (tertiary/aromatic N) is 1. The molecule has 0 bridgehead atoms. The first-order valence-corrected chi connectivity index (χ1v) is 10.7. The van der Waals surface area contributed by atoms with E-state index in [1.165, 1.54) is 4.90 Å². The molecular weight excluding hydrogens is 406 g/mol. The zero-order chi connectivity index (χ0) is 23.6. The Morgan fingerprint density at radius 2 is 1.78 bits per heavy atom. The minimum atomic E-state index is -0.809. The number of aryl methyl sites for hydroxylation is 1. The molecule has 0 aromatic heterocycles. The molecular formula is C26H29NO5. The van der Waals surface area contributed by atoms with Crippen LogP contribution in [0.25, 0.3) is 0 Å². The van der Waals surface area contributed by atoms with E-state index in [0.29, 0.717) is 29.8 Å². The van der Waals surface area contributed by atoms with Crippen LogP contribution in [-0.4, -0.2) is 29.4 Å². The molecule has 1 N–H and O–H groups in total. The van der Waals surface area contributed by atoms with Crippen LogP contribution in [-0.2, 0) is 14.3 Å². The summed E-state index contributed by atoms with van der Waals surface area (Å²) in [7, 11) is 0. The quantitative estimate of drug-likeness (QED) is 0.640. The summed E-state index contributed by atoms with van der Waals surface area (Å²) in [6, 6.07) is 13.2. The van der Waals surface area contributed by atoms with Crippen molar-refractivity contribution in [1.82, 2.24) is 0 Å². The van der Waals surface area contributed by atoms with Gasteiger partial charge in [-0.05, 0) is 37.1 Å². The molecule has 1 aliphatic rings. The highest BCUT2D eigenvalue weighted by Gasteiger charge is 2.46. The van der Waals surface area contributed by atoms with Crippen molar-refractivity contribution in [3.8, 4) is 0 Å². The largest absolute Gasteiger partial charge is 0.503 e. The number of esters is 1. The maximum atomic E-state index is 13.3. The molecule has 2 aromatic rings. The smallest absolute Gasteiger partial charge is 0.338 e. The van der Waals surface area contributed by atoms with Gasteiger partial charge in [-0.15, -0.1) is 0 Å². The highest BCUT2D eigenvalue weighted by atomic mass is 16.5. The van der Waals surface area contributed by atoms with E-state index in [0.717, 1.165) is 5.56 Å². The summed E-state index contributed by atoms with van der Waals surface area (Å²) < 4.78 is 5.22. The van der Waals surface area contributed by atoms with Crippen molar-refractivity contribution in [3.05, 3.63) is 76.6 Å². The molecule has 0 aliphatic carbocycles. The molecule has 168 valence electrons. The Labute approximate surface area is 188 Å². The Morgan fingerprint density at radius 1 is 1.09 bits per heavy atom. The van der Waals surface area contributed by atoms with Gasteiger partial charge in [-0.3, -0.25) is 14.5 Å². The molecule has 0 fully saturated rings. The molecule has 0 radical (unpaired) electrons. The zero-order valence-electron chi connectivity index (χ0n) is 19.1. The van der Waals surface area contributed by atoms with E-state index in [9.17, 15) is 19.5 Å². The maximum absolute atomic E-state index is 13.3. The molecule has 0 saturated carbocycles. The lowest BCUT2D eigenvalue weighted by Gasteiger charge is -2.29. The Kier molecular flexibility index (Phi) is 6.53. The van der Waals surface area contributed by atoms with Gasteiger partial charge in [0.25, 0.3) is 5.91 Å². The van der Waals surface area contributed by atoms with E-state index in [2.05, 4.69) is 0 Å². The van der Waals surface area contributed by atoms with Crippen LogP contribution >= 0.6 is 0 Å². The van der Waals surface area contributed by atoms with E-state index < -0.39 is 29.1 Å². The minimum Gasteiger partial charge on any atom is -0.503 e. The van der Waals surface area contributed by atoms with Crippen molar-refractivity contribution >= 4 is 23.3 Å². The highest BCUT2D eigenvalue weighted by molar-refractivity contribution is 6.17. The van der Waals surface area contributed by atoms with Crippen molar-refractivity contribution in [2.45, 2.75) is 47.1 Å². The second-order valence-electron chi connectivity index (χ2n) is 9.02. The number of anilines is 1. The maximum Gasteiger partial charge on any atom is 0.338 e. The SMILES string of the molecule is CCCOC(=O)c1cccc(N2C(=O)C(O)=C(C(=O)C(C)(C)C)C2c2cccc(C)c2)c1. The van der Waals surface area contributed by atoms with Gasteiger partial charge in [-0.2, -0.15) is 0 Å². The van der Waals surface area contributed by atoms with Crippen LogP contribution in [0.1, 0.15) is 61.6 Å². The van der Waals surface area contributed by atoms with Gasteiger partial charge in [-0.25, -0.2) is 4.79 Å². The van der Waals surface area contributed by atoms with E-state index >= 15 is 0 Å². The van der Waals surface area contributed by atoms with Gasteiger partial charge in [0.2, 0.25) is 0 Å². The summed E-state index contributed by atoms with van der Waals surface area (Å²) in [5.41, 5.74) is 1.62. The summed E-state index contributed by atoms with van der Waals surface area (Å²) in [5.74, 6) is -2.04. The lowest BCUT2D eigenvalue weighted by Crippen LogP contribution is -2.33. The first kappa shape index (κ1) is 23.3. The third-order valence-corrected chi connectivity index (χ3v) is 5.29. The normalized spacial score (nSPS) is 16.5. The Morgan fingerprint density at radius 3 is 2.41 bits per heavy atom. The fourth-order valence-electron chi connectivity index (χ4n) is 3.72. The summed E-state index contributed by atoms with van der Waals surface area (Å²) in [4.78, 5) is 40.3. The van der Waals surface area contributed by atoms with Crippen LogP contribution in [0.15, 0.2) is 59.9 Å². The number of aliphatic hydroxyl groups excluding tert-OH is 1. The number of Topliss-reactive ketones (excluding diaryl/α,β-unsaturated/α-hetero) is 1. The minimum absolute atomic E-state index is 0.0621. The standard InChI is InChI=1S/C26H29NO5/c1-6-13-32-25(31)18-11-8-12-19(15-18)27-21(17-10-7-9-16(2)14-17)20(22(28)24(27)30)23(29)26(3,4)5/h7-12,14-15,21,28H,6,13H2,1-5H3. The molecule has 1 heterocycles. The average molecular weight is 436 g/mol. The fourth-order valence-corrected chi connectivity index (χ4v) is 3.72. The third-order valence-electron chi connectivity index (χ3n) is 5.29. The van der Waals surface area contributed by atoms with E-state index in [1.54, 1.807) is 45.0 Å². The number of aliphatic hydroxyl groups is 1. The lowest BCUT2D eigenvalue weighted by atomic mass is 9.82. The Hall–Kier alpha value is -3.41. The molecule has 1 amide bonds. The van der Waals surface area contributed by atoms with Crippen LogP contribution < -0.4 is 4.90 Å². The fraction of sp³-hybridized carbons (Fsp3) is 0.346. The molecule has 6 heteroatoms. The van der Waals surface area contributed by atoms with Crippen molar-refractivity contribution < 1.29 is 24.2 Å². The van der Waals surface area contributed by atoms with Gasteiger partial charge in [0.05, 0.1) is 23.8 Å². The number of amides is 1. The third kappa shape index (κ3) is 4.44. The summed E-state index contributed by atoms with van der Waals surface area (Å²) in [6.07, 6.45) is 0.696. The lowest BCUT2D eigenvalue weighted by molar-refractivity contribution is -0.123. The molecule has 32 heavy (non-hydrogen) atoms. The molecule has 1 aliphatic heterocycles. The van der Waals surface area contributed by atoms with E-state index in [-0.39, 0.29) is 11.4 Å². The number of carbonyl (C=O) groups excluding carboxylic acids is 3. The number of hydrogen-bond donors (Lipinski definition) is 1. The van der Waals surface area contributed by atoms with Gasteiger partial charge >= 0.3 is 5.97 Å². The van der Waals surface area contributed by atoms with Crippen molar-refractivity contribution in [2.75, 3.05) is 11.5 Å². The zero-order valence-corrected chi connectivity index (χ0v) is 19.1. The number of ketones is 1. The number of ether oxygens (including phenoxy) is 1. The Balaban J connectivity index is 2.14. The number of hydrogen-bond acceptors (Lipinski definition) is 5. The molecule has 1 atom stereocenters. The monoisotopic (exact) mass is 435 g/mol. The van der Waals surface area contributed by atoms with Gasteiger partial charge in [-0.1, -0.05) is 63.6 Å². The first-order chi connectivity index (χ1) is 15.1. The topological polar surface area (TPSA) is 83.9 Å². The van der Waals surface area contributed by atoms with Crippen molar-refractivity contribution in [2.24, 2.45) is 5.41 Å². The molecule has 1 unspecified atom stereocenters. The molecule has 6 nitrogen and oxygen atoms in total. The van der Waals surface area contributed by atoms with Crippen LogP contribution in [0, 0.1) is 12.3 Å². The van der Waals surface area contributed by atoms with Crippen molar-refractivity contribution in [3.63, 3.8) is 0 Å². The summed E-state index contributed by atoms with van der Waals surface area (Å²) in [6.45, 7) is 9.37. The van der Waals surface area contributed by atoms with Gasteiger partial charge in [0.1, 0.15) is 0 Å². The number of carbonyl (C=O) groups is 3. The average Bonchev–Trinajstić information content (AvgIpc) is 3.01. The van der Waals surface area contributed by atoms with Gasteiger partial charge < -0.3 is 9.84 Å². The van der Waals surface area contributed by atoms with E-state index in [4.69, 9.17) is 4.74 Å². The molecule has 3 rings (SSSR count). The summed E-state index contributed by atoms with van der Waals surface area (Å²) >= 11 is 0. The predicted octanol–water partition coefficient (Wildman–Crippen LogP) is 5.08. The predicted molar refractivity (Wildman–Crippen MR) is 123 cm³/mol. The first-order valence-electron chi connectivity index (χ1n) is 10.7. The Bertz CT molecular complexity index is 1090. The summed E-state index contributed by atoms with van der Waals surface area (Å²) in [5, 5.41) is 10.8. The number of rotatable bonds is 6. The van der Waals surface area contributed by atoms with Gasteiger partial charge in [0, 0.05) is 11.1 Å². The van der Waals surface area contributed by atoms with Crippen molar-refractivity contribution in [1.29, 1.82) is 0 Å². The second kappa shape index (κ2) is 8.99. The van der Waals surface area contributed by atoms with Crippen LogP contribution in [0.3, 0.4) is 0 Å². The second-order valence-corrected chi connectivity index (χ2v) is 9.02. The van der Waals surface area contributed by atoms with Gasteiger partial charge in [0.15, 0.2) is 11.5 Å². The highest BCUT2D eigenvalue weighted by Crippen LogP contribution is 2.43. The van der Waals surface area contributed by atoms with Crippen LogP contribution in [0.2, 0.25) is 0 Å². The molecule has 2 aromatic carbocycles. The van der Waals surface area contributed by atoms with E-state index in [1.807, 2.05) is 38.1 Å². The number of benzene rings is 2. The van der Waals surface area contributed by atoms with Crippen LogP contribution in [0.5, 0.6) is 0 Å². The van der Waals surface area contributed by atoms with Crippen LogP contribution in [0.4, 0.5) is 5.69 Å². The molecule has 0 saturated heterocycles.